The molecule has 1 fully saturated rings. The van der Waals surface area contributed by atoms with Gasteiger partial charge in [-0.15, -0.1) is 11.3 Å². The van der Waals surface area contributed by atoms with Gasteiger partial charge in [-0.05, 0) is 30.2 Å². The van der Waals surface area contributed by atoms with Gasteiger partial charge in [0.15, 0.2) is 0 Å². The van der Waals surface area contributed by atoms with Crippen molar-refractivity contribution in [1.82, 2.24) is 9.80 Å². The molecule has 9 heteroatoms. The molecule has 0 spiro atoms. The van der Waals surface area contributed by atoms with Crippen LogP contribution in [0.2, 0.25) is 10.0 Å². The quantitative estimate of drug-likeness (QED) is 0.380. The third kappa shape index (κ3) is 6.63. The number of halogens is 2. The average Bonchev–Trinajstić information content (AvgIpc) is 3.26. The Balaban J connectivity index is 1.36. The SMILES string of the molecule is CCOC(=O)c1c(-c2ccccc2)csc1NC(=O)CN1CCN(Cc2ccc(Cl)cc2Cl)CC1. The van der Waals surface area contributed by atoms with E-state index in [1.165, 1.54) is 11.3 Å². The molecule has 1 amide bonds. The molecule has 2 heterocycles. The van der Waals surface area contributed by atoms with Gasteiger partial charge in [0.25, 0.3) is 0 Å². The van der Waals surface area contributed by atoms with Gasteiger partial charge in [-0.25, -0.2) is 4.79 Å². The van der Waals surface area contributed by atoms with Crippen LogP contribution in [-0.2, 0) is 16.1 Å². The second kappa shape index (κ2) is 12.0. The molecule has 0 unspecified atom stereocenters. The monoisotopic (exact) mass is 531 g/mol. The van der Waals surface area contributed by atoms with E-state index in [9.17, 15) is 9.59 Å². The van der Waals surface area contributed by atoms with Crippen molar-refractivity contribution in [3.63, 3.8) is 0 Å². The number of hydrogen-bond acceptors (Lipinski definition) is 6. The standard InChI is InChI=1S/C26H27Cl2N3O3S/c1-2-34-26(33)24-21(18-6-4-3-5-7-18)17-35-25(24)29-23(32)16-31-12-10-30(11-13-31)15-19-8-9-20(27)14-22(19)28/h3-9,14,17H,2,10-13,15-16H2,1H3,(H,29,32). The lowest BCUT2D eigenvalue weighted by Crippen LogP contribution is -2.48. The summed E-state index contributed by atoms with van der Waals surface area (Å²) in [5.74, 6) is -0.580. The van der Waals surface area contributed by atoms with Crippen LogP contribution in [0.4, 0.5) is 5.00 Å². The molecule has 6 nitrogen and oxygen atoms in total. The van der Waals surface area contributed by atoms with E-state index in [4.69, 9.17) is 27.9 Å². The summed E-state index contributed by atoms with van der Waals surface area (Å²) in [5.41, 5.74) is 3.12. The van der Waals surface area contributed by atoms with Crippen LogP contribution in [0.15, 0.2) is 53.9 Å². The minimum absolute atomic E-state index is 0.147. The number of anilines is 1. The lowest BCUT2D eigenvalue weighted by molar-refractivity contribution is -0.117. The van der Waals surface area contributed by atoms with Crippen LogP contribution < -0.4 is 5.32 Å². The van der Waals surface area contributed by atoms with Crippen LogP contribution in [0.3, 0.4) is 0 Å². The summed E-state index contributed by atoms with van der Waals surface area (Å²) in [6.07, 6.45) is 0. The van der Waals surface area contributed by atoms with Crippen LogP contribution in [-0.4, -0.2) is 61.0 Å². The highest BCUT2D eigenvalue weighted by atomic mass is 35.5. The highest BCUT2D eigenvalue weighted by Gasteiger charge is 2.24. The number of hydrogen-bond donors (Lipinski definition) is 1. The molecule has 0 bridgehead atoms. The predicted molar refractivity (Wildman–Crippen MR) is 143 cm³/mol. The Kier molecular flexibility index (Phi) is 8.81. The van der Waals surface area contributed by atoms with E-state index in [1.54, 1.807) is 13.0 Å². The first kappa shape index (κ1) is 25.7. The zero-order valence-electron chi connectivity index (χ0n) is 19.4. The van der Waals surface area contributed by atoms with Gasteiger partial charge in [-0.1, -0.05) is 59.6 Å². The number of piperazine rings is 1. The lowest BCUT2D eigenvalue weighted by Gasteiger charge is -2.34. The van der Waals surface area contributed by atoms with Gasteiger partial charge in [0, 0.05) is 53.7 Å². The Morgan fingerprint density at radius 3 is 2.43 bits per heavy atom. The Hall–Kier alpha value is -2.42. The number of benzene rings is 2. The molecular formula is C26H27Cl2N3O3S. The largest absolute Gasteiger partial charge is 0.462 e. The summed E-state index contributed by atoms with van der Waals surface area (Å²) in [6, 6.07) is 15.2. The van der Waals surface area contributed by atoms with E-state index in [0.717, 1.165) is 49.4 Å². The van der Waals surface area contributed by atoms with Crippen molar-refractivity contribution in [3.05, 3.63) is 75.1 Å². The maximum absolute atomic E-state index is 12.9. The number of rotatable bonds is 8. The van der Waals surface area contributed by atoms with Crippen molar-refractivity contribution >= 4 is 51.4 Å². The fourth-order valence-corrected chi connectivity index (χ4v) is 5.49. The predicted octanol–water partition coefficient (Wildman–Crippen LogP) is 5.65. The molecule has 1 aliphatic heterocycles. The highest BCUT2D eigenvalue weighted by Crippen LogP contribution is 2.36. The number of nitrogens with one attached hydrogen (secondary N) is 1. The highest BCUT2D eigenvalue weighted by molar-refractivity contribution is 7.15. The fraction of sp³-hybridized carbons (Fsp3) is 0.308. The third-order valence-corrected chi connectivity index (χ3v) is 7.33. The number of thiophene rings is 1. The minimum Gasteiger partial charge on any atom is -0.462 e. The zero-order chi connectivity index (χ0) is 24.8. The molecule has 0 radical (unpaired) electrons. The van der Waals surface area contributed by atoms with E-state index < -0.39 is 5.97 Å². The van der Waals surface area contributed by atoms with Crippen LogP contribution in [0, 0.1) is 0 Å². The van der Waals surface area contributed by atoms with Gasteiger partial charge in [-0.3, -0.25) is 14.6 Å². The molecule has 1 aromatic heterocycles. The van der Waals surface area contributed by atoms with Gasteiger partial charge in [-0.2, -0.15) is 0 Å². The smallest absolute Gasteiger partial charge is 0.341 e. The summed E-state index contributed by atoms with van der Waals surface area (Å²) in [4.78, 5) is 30.0. The first-order chi connectivity index (χ1) is 16.9. The number of ether oxygens (including phenoxy) is 1. The summed E-state index contributed by atoms with van der Waals surface area (Å²) < 4.78 is 5.28. The first-order valence-electron chi connectivity index (χ1n) is 11.5. The van der Waals surface area contributed by atoms with Gasteiger partial charge >= 0.3 is 5.97 Å². The Bertz CT molecular complexity index is 1180. The van der Waals surface area contributed by atoms with Crippen LogP contribution in [0.1, 0.15) is 22.8 Å². The molecule has 1 saturated heterocycles. The van der Waals surface area contributed by atoms with E-state index in [2.05, 4.69) is 15.1 Å². The molecule has 1 aliphatic rings. The molecule has 2 aromatic carbocycles. The van der Waals surface area contributed by atoms with E-state index in [0.29, 0.717) is 20.6 Å². The topological polar surface area (TPSA) is 61.9 Å². The molecule has 3 aromatic rings. The molecular weight excluding hydrogens is 505 g/mol. The summed E-state index contributed by atoms with van der Waals surface area (Å²) >= 11 is 13.6. The fourth-order valence-electron chi connectivity index (χ4n) is 4.05. The number of carbonyl (C=O) groups excluding carboxylic acids is 2. The van der Waals surface area contributed by atoms with Crippen molar-refractivity contribution in [2.45, 2.75) is 13.5 Å². The van der Waals surface area contributed by atoms with Gasteiger partial charge in [0.05, 0.1) is 13.2 Å². The first-order valence-corrected chi connectivity index (χ1v) is 13.1. The Labute approximate surface area is 219 Å². The summed E-state index contributed by atoms with van der Waals surface area (Å²) in [6.45, 7) is 6.24. The summed E-state index contributed by atoms with van der Waals surface area (Å²) in [7, 11) is 0. The van der Waals surface area contributed by atoms with E-state index in [-0.39, 0.29) is 19.1 Å². The number of carbonyl (C=O) groups is 2. The van der Waals surface area contributed by atoms with Gasteiger partial charge < -0.3 is 10.1 Å². The molecule has 0 saturated carbocycles. The number of esters is 1. The maximum atomic E-state index is 12.9. The molecule has 4 rings (SSSR count). The van der Waals surface area contributed by atoms with Crippen molar-refractivity contribution in [1.29, 1.82) is 0 Å². The van der Waals surface area contributed by atoms with Crippen molar-refractivity contribution < 1.29 is 14.3 Å². The van der Waals surface area contributed by atoms with Crippen LogP contribution in [0.25, 0.3) is 11.1 Å². The molecule has 0 atom stereocenters. The second-order valence-electron chi connectivity index (χ2n) is 8.28. The van der Waals surface area contributed by atoms with E-state index in [1.807, 2.05) is 47.8 Å². The normalized spacial score (nSPS) is 14.6. The van der Waals surface area contributed by atoms with Crippen molar-refractivity contribution in [2.75, 3.05) is 44.6 Å². The van der Waals surface area contributed by atoms with Gasteiger partial charge in [0.2, 0.25) is 5.91 Å². The third-order valence-electron chi connectivity index (χ3n) is 5.85. The van der Waals surface area contributed by atoms with Gasteiger partial charge in [0.1, 0.15) is 10.6 Å². The Morgan fingerprint density at radius 2 is 1.74 bits per heavy atom. The van der Waals surface area contributed by atoms with Crippen LogP contribution >= 0.6 is 34.5 Å². The lowest BCUT2D eigenvalue weighted by atomic mass is 10.0. The Morgan fingerprint density at radius 1 is 1.03 bits per heavy atom. The summed E-state index contributed by atoms with van der Waals surface area (Å²) in [5, 5.41) is 6.64. The number of nitrogens with zero attached hydrogens (tertiary/aromatic N) is 2. The number of amides is 1. The average molecular weight is 532 g/mol. The zero-order valence-corrected chi connectivity index (χ0v) is 21.8. The van der Waals surface area contributed by atoms with Crippen molar-refractivity contribution in [3.8, 4) is 11.1 Å². The van der Waals surface area contributed by atoms with Crippen molar-refractivity contribution in [2.24, 2.45) is 0 Å². The minimum atomic E-state index is -0.433. The van der Waals surface area contributed by atoms with E-state index >= 15 is 0 Å². The maximum Gasteiger partial charge on any atom is 0.341 e. The molecule has 0 aliphatic carbocycles. The van der Waals surface area contributed by atoms with Crippen LogP contribution in [0.5, 0.6) is 0 Å². The second-order valence-corrected chi connectivity index (χ2v) is 10.00. The molecule has 184 valence electrons. The molecule has 1 N–H and O–H groups in total. The molecule has 35 heavy (non-hydrogen) atoms.